The Bertz CT molecular complexity index is 321. The fraction of sp³-hybridized carbons (Fsp3) is 0.800. The van der Waals surface area contributed by atoms with Gasteiger partial charge in [0.2, 0.25) is 0 Å². The van der Waals surface area contributed by atoms with Crippen LogP contribution in [0.3, 0.4) is 0 Å². The smallest absolute Gasteiger partial charge is 0.328 e. The van der Waals surface area contributed by atoms with Crippen LogP contribution in [0.4, 0.5) is 4.79 Å². The highest BCUT2D eigenvalue weighted by atomic mass is 32.2. The van der Waals surface area contributed by atoms with Gasteiger partial charge in [0.05, 0.1) is 6.10 Å². The number of aliphatic hydroxyl groups excluding tert-OH is 1. The molecule has 0 aliphatic carbocycles. The molecular weight excluding hydrogens is 260 g/mol. The topological polar surface area (TPSA) is 116 Å². The van der Waals surface area contributed by atoms with Crippen molar-refractivity contribution in [2.45, 2.75) is 38.5 Å². The van der Waals surface area contributed by atoms with E-state index in [1.807, 2.05) is 0 Å². The number of urea groups is 1. The van der Waals surface area contributed by atoms with Gasteiger partial charge < -0.3 is 20.8 Å². The summed E-state index contributed by atoms with van der Waals surface area (Å²) in [6, 6.07) is -2.24. The van der Waals surface area contributed by atoms with E-state index in [0.29, 0.717) is 12.2 Å². The lowest BCUT2D eigenvalue weighted by Gasteiger charge is -2.19. The summed E-state index contributed by atoms with van der Waals surface area (Å²) in [6.07, 6.45) is 0.913. The minimum Gasteiger partial charge on any atom is -0.480 e. The van der Waals surface area contributed by atoms with Crippen molar-refractivity contribution in [3.8, 4) is 0 Å². The van der Waals surface area contributed by atoms with Crippen LogP contribution in [0.1, 0.15) is 20.3 Å². The maximum Gasteiger partial charge on any atom is 0.328 e. The number of rotatable bonds is 7. The van der Waals surface area contributed by atoms with Crippen LogP contribution in [-0.4, -0.2) is 56.6 Å². The van der Waals surface area contributed by atoms with Gasteiger partial charge in [0.15, 0.2) is 6.04 Å². The Morgan fingerprint density at radius 3 is 2.22 bits per heavy atom. The largest absolute Gasteiger partial charge is 0.480 e. The lowest BCUT2D eigenvalue weighted by atomic mass is 10.2. The van der Waals surface area contributed by atoms with Crippen molar-refractivity contribution in [2.75, 3.05) is 12.0 Å². The van der Waals surface area contributed by atoms with Gasteiger partial charge in [-0.2, -0.15) is 0 Å². The lowest BCUT2D eigenvalue weighted by Crippen LogP contribution is -2.52. The molecule has 0 heterocycles. The Hall–Kier alpha value is -1.15. The van der Waals surface area contributed by atoms with Crippen LogP contribution in [0, 0.1) is 0 Å². The van der Waals surface area contributed by atoms with Gasteiger partial charge in [0.1, 0.15) is 0 Å². The average molecular weight is 280 g/mol. The van der Waals surface area contributed by atoms with Gasteiger partial charge in [-0.3, -0.25) is 4.21 Å². The maximum absolute atomic E-state index is 11.4. The summed E-state index contributed by atoms with van der Waals surface area (Å²) >= 11 is 0. The van der Waals surface area contributed by atoms with E-state index in [-0.39, 0.29) is 6.04 Å². The van der Waals surface area contributed by atoms with E-state index >= 15 is 0 Å². The predicted octanol–water partition coefficient (Wildman–Crippen LogP) is -0.723. The molecular formula is C10H20N2O5S. The number of carboxylic acids is 1. The van der Waals surface area contributed by atoms with Crippen LogP contribution >= 0.6 is 0 Å². The summed E-state index contributed by atoms with van der Waals surface area (Å²) in [6.45, 7) is 3.01. The van der Waals surface area contributed by atoms with Gasteiger partial charge in [0, 0.05) is 28.9 Å². The molecule has 0 bridgehead atoms. The van der Waals surface area contributed by atoms with Crippen molar-refractivity contribution in [1.82, 2.24) is 10.6 Å². The first-order valence-electron chi connectivity index (χ1n) is 5.52. The average Bonchev–Trinajstić information content (AvgIpc) is 2.22. The van der Waals surface area contributed by atoms with Crippen molar-refractivity contribution >= 4 is 22.8 Å². The highest BCUT2D eigenvalue weighted by Gasteiger charge is 2.25. The molecule has 0 aliphatic rings. The number of carbonyl (C=O) groups excluding carboxylic acids is 1. The van der Waals surface area contributed by atoms with Gasteiger partial charge in [0.25, 0.3) is 0 Å². The molecule has 0 aliphatic heterocycles. The van der Waals surface area contributed by atoms with Crippen molar-refractivity contribution in [2.24, 2.45) is 0 Å². The molecule has 0 saturated heterocycles. The van der Waals surface area contributed by atoms with Crippen LogP contribution in [0.2, 0.25) is 0 Å². The molecule has 8 heteroatoms. The molecule has 4 unspecified atom stereocenters. The summed E-state index contributed by atoms with van der Waals surface area (Å²) in [5.74, 6) is -0.845. The second kappa shape index (κ2) is 8.04. The summed E-state index contributed by atoms with van der Waals surface area (Å²) in [5.41, 5.74) is 0. The van der Waals surface area contributed by atoms with E-state index in [9.17, 15) is 18.9 Å². The number of aliphatic carboxylic acids is 1. The molecule has 0 radical (unpaired) electrons. The second-order valence-corrected chi connectivity index (χ2v) is 5.70. The predicted molar refractivity (Wildman–Crippen MR) is 67.8 cm³/mol. The van der Waals surface area contributed by atoms with Crippen LogP contribution in [0.25, 0.3) is 0 Å². The van der Waals surface area contributed by atoms with E-state index in [1.165, 1.54) is 6.92 Å². The number of hydrogen-bond acceptors (Lipinski definition) is 4. The zero-order chi connectivity index (χ0) is 14.3. The molecule has 0 spiro atoms. The van der Waals surface area contributed by atoms with E-state index < -0.39 is 34.9 Å². The summed E-state index contributed by atoms with van der Waals surface area (Å²) in [4.78, 5) is 22.2. The molecule has 2 amide bonds. The SMILES string of the molecule is CC(CCS(C)=O)NC(=O)NC(C(=O)O)C(C)O. The molecule has 18 heavy (non-hydrogen) atoms. The van der Waals surface area contributed by atoms with E-state index in [1.54, 1.807) is 13.2 Å². The third-order valence-electron chi connectivity index (χ3n) is 2.25. The summed E-state index contributed by atoms with van der Waals surface area (Å²) < 4.78 is 10.9. The zero-order valence-electron chi connectivity index (χ0n) is 10.7. The Morgan fingerprint density at radius 1 is 1.28 bits per heavy atom. The molecule has 0 rings (SSSR count). The van der Waals surface area contributed by atoms with Crippen molar-refractivity contribution in [3.63, 3.8) is 0 Å². The molecule has 0 aromatic heterocycles. The number of carboxylic acid groups (broad SMARTS) is 1. The van der Waals surface area contributed by atoms with Crippen LogP contribution < -0.4 is 10.6 Å². The standard InChI is InChI=1S/C10H20N2O5S/c1-6(4-5-18(3)17)11-10(16)12-8(7(2)13)9(14)15/h6-8,13H,4-5H2,1-3H3,(H,14,15)(H2,11,12,16). The van der Waals surface area contributed by atoms with Crippen LogP contribution in [0.15, 0.2) is 0 Å². The fourth-order valence-corrected chi connectivity index (χ4v) is 1.90. The molecule has 106 valence electrons. The van der Waals surface area contributed by atoms with Crippen LogP contribution in [-0.2, 0) is 15.6 Å². The number of nitrogens with one attached hydrogen (secondary N) is 2. The first-order chi connectivity index (χ1) is 8.23. The number of hydrogen-bond donors (Lipinski definition) is 4. The second-order valence-electron chi connectivity index (χ2n) is 4.14. The molecule has 0 aromatic rings. The minimum absolute atomic E-state index is 0.225. The highest BCUT2D eigenvalue weighted by molar-refractivity contribution is 7.84. The Morgan fingerprint density at radius 2 is 1.83 bits per heavy atom. The fourth-order valence-electron chi connectivity index (χ4n) is 1.21. The Kier molecular flexibility index (Phi) is 7.53. The molecule has 4 atom stereocenters. The van der Waals surface area contributed by atoms with Crippen molar-refractivity contribution in [1.29, 1.82) is 0 Å². The van der Waals surface area contributed by atoms with Gasteiger partial charge in [-0.15, -0.1) is 0 Å². The molecule has 4 N–H and O–H groups in total. The third kappa shape index (κ3) is 7.23. The third-order valence-corrected chi connectivity index (χ3v) is 3.06. The first-order valence-corrected chi connectivity index (χ1v) is 7.24. The quantitative estimate of drug-likeness (QED) is 0.491. The Labute approximate surface area is 108 Å². The number of aliphatic hydroxyl groups is 1. The maximum atomic E-state index is 11.4. The van der Waals surface area contributed by atoms with Gasteiger partial charge >= 0.3 is 12.0 Å². The van der Waals surface area contributed by atoms with Crippen molar-refractivity contribution < 1.29 is 24.0 Å². The number of carbonyl (C=O) groups is 2. The highest BCUT2D eigenvalue weighted by Crippen LogP contribution is 1.95. The zero-order valence-corrected chi connectivity index (χ0v) is 11.5. The van der Waals surface area contributed by atoms with E-state index in [4.69, 9.17) is 5.11 Å². The molecule has 0 saturated carbocycles. The van der Waals surface area contributed by atoms with Crippen molar-refractivity contribution in [3.05, 3.63) is 0 Å². The first kappa shape index (κ1) is 16.9. The van der Waals surface area contributed by atoms with Gasteiger partial charge in [-0.1, -0.05) is 0 Å². The van der Waals surface area contributed by atoms with Gasteiger partial charge in [-0.05, 0) is 20.3 Å². The summed E-state index contributed by atoms with van der Waals surface area (Å²) in [5, 5.41) is 22.6. The summed E-state index contributed by atoms with van der Waals surface area (Å²) in [7, 11) is -0.932. The van der Waals surface area contributed by atoms with Crippen LogP contribution in [0.5, 0.6) is 0 Å². The number of amides is 2. The normalized spacial score (nSPS) is 17.3. The minimum atomic E-state index is -1.35. The molecule has 7 nitrogen and oxygen atoms in total. The Balaban J connectivity index is 4.16. The molecule has 0 aromatic carbocycles. The van der Waals surface area contributed by atoms with E-state index in [2.05, 4.69) is 10.6 Å². The molecule has 0 fully saturated rings. The lowest BCUT2D eigenvalue weighted by molar-refractivity contribution is -0.141. The van der Waals surface area contributed by atoms with E-state index in [0.717, 1.165) is 0 Å². The van der Waals surface area contributed by atoms with Gasteiger partial charge in [-0.25, -0.2) is 9.59 Å². The monoisotopic (exact) mass is 280 g/mol.